The van der Waals surface area contributed by atoms with Gasteiger partial charge in [-0.3, -0.25) is 4.90 Å². The molecule has 0 radical (unpaired) electrons. The number of nitriles is 1. The third-order valence-corrected chi connectivity index (χ3v) is 3.99. The van der Waals surface area contributed by atoms with E-state index < -0.39 is 0 Å². The Morgan fingerprint density at radius 1 is 0.583 bits per heavy atom. The van der Waals surface area contributed by atoms with Crippen LogP contribution < -0.4 is 0 Å². The number of rotatable bonds is 6. The largest absolute Gasteiger partial charge is 0.291 e. The van der Waals surface area contributed by atoms with E-state index in [4.69, 9.17) is 5.26 Å². The molecule has 3 aromatic carbocycles. The summed E-state index contributed by atoms with van der Waals surface area (Å²) in [4.78, 5) is 2.42. The Labute approximate surface area is 143 Å². The van der Waals surface area contributed by atoms with Crippen molar-refractivity contribution in [3.05, 3.63) is 107 Å². The van der Waals surface area contributed by atoms with Gasteiger partial charge in [-0.15, -0.1) is 0 Å². The van der Waals surface area contributed by atoms with Gasteiger partial charge in [-0.25, -0.2) is 0 Å². The van der Waals surface area contributed by atoms with Crippen LogP contribution in [0.15, 0.2) is 84.9 Å². The lowest BCUT2D eigenvalue weighted by molar-refractivity contribution is 0.247. The first kappa shape index (κ1) is 16.0. The van der Waals surface area contributed by atoms with E-state index in [9.17, 15) is 0 Å². The van der Waals surface area contributed by atoms with Gasteiger partial charge >= 0.3 is 0 Å². The first-order chi connectivity index (χ1) is 11.8. The SMILES string of the molecule is N#Cc1ccc(CN(Cc2ccccc2)Cc2ccccc2)cc1. The second-order valence-corrected chi connectivity index (χ2v) is 5.93. The summed E-state index contributed by atoms with van der Waals surface area (Å²) in [5, 5.41) is 8.94. The highest BCUT2D eigenvalue weighted by Crippen LogP contribution is 2.14. The summed E-state index contributed by atoms with van der Waals surface area (Å²) in [6.45, 7) is 2.65. The predicted molar refractivity (Wildman–Crippen MR) is 97.0 cm³/mol. The molecule has 3 rings (SSSR count). The van der Waals surface area contributed by atoms with Gasteiger partial charge in [0.15, 0.2) is 0 Å². The number of benzene rings is 3. The van der Waals surface area contributed by atoms with Gasteiger partial charge in [-0.1, -0.05) is 72.8 Å². The van der Waals surface area contributed by atoms with E-state index >= 15 is 0 Å². The molecule has 0 N–H and O–H groups in total. The van der Waals surface area contributed by atoms with Crippen LogP contribution in [0.2, 0.25) is 0 Å². The normalized spacial score (nSPS) is 10.5. The lowest BCUT2D eigenvalue weighted by Crippen LogP contribution is -2.22. The lowest BCUT2D eigenvalue weighted by Gasteiger charge is -2.23. The van der Waals surface area contributed by atoms with E-state index in [1.807, 2.05) is 36.4 Å². The van der Waals surface area contributed by atoms with Crippen molar-refractivity contribution in [3.63, 3.8) is 0 Å². The molecule has 0 bridgehead atoms. The second-order valence-electron chi connectivity index (χ2n) is 5.93. The van der Waals surface area contributed by atoms with Crippen LogP contribution >= 0.6 is 0 Å². The minimum absolute atomic E-state index is 0.705. The summed E-state index contributed by atoms with van der Waals surface area (Å²) in [6.07, 6.45) is 0. The highest BCUT2D eigenvalue weighted by atomic mass is 15.1. The summed E-state index contributed by atoms with van der Waals surface area (Å²) in [5.74, 6) is 0. The molecule has 118 valence electrons. The van der Waals surface area contributed by atoms with E-state index in [-0.39, 0.29) is 0 Å². The Bertz CT molecular complexity index is 745. The van der Waals surface area contributed by atoms with Gasteiger partial charge in [0.1, 0.15) is 0 Å². The molecule has 24 heavy (non-hydrogen) atoms. The molecule has 0 aromatic heterocycles. The Morgan fingerprint density at radius 3 is 1.42 bits per heavy atom. The molecule has 0 amide bonds. The van der Waals surface area contributed by atoms with Gasteiger partial charge in [0, 0.05) is 19.6 Å². The van der Waals surface area contributed by atoms with Crippen LogP contribution in [0.5, 0.6) is 0 Å². The maximum absolute atomic E-state index is 8.94. The molecule has 0 saturated heterocycles. The van der Waals surface area contributed by atoms with Crippen LogP contribution in [0.25, 0.3) is 0 Å². The van der Waals surface area contributed by atoms with Gasteiger partial charge in [0.05, 0.1) is 11.6 Å². The Hall–Kier alpha value is -2.89. The van der Waals surface area contributed by atoms with Crippen molar-refractivity contribution in [2.45, 2.75) is 19.6 Å². The second kappa shape index (κ2) is 8.10. The van der Waals surface area contributed by atoms with Gasteiger partial charge in [0.2, 0.25) is 0 Å². The fourth-order valence-corrected chi connectivity index (χ4v) is 2.79. The van der Waals surface area contributed by atoms with E-state index in [1.54, 1.807) is 0 Å². The summed E-state index contributed by atoms with van der Waals surface area (Å²) in [6, 6.07) is 31.1. The average molecular weight is 312 g/mol. The summed E-state index contributed by atoms with van der Waals surface area (Å²) < 4.78 is 0. The minimum Gasteiger partial charge on any atom is -0.291 e. The van der Waals surface area contributed by atoms with Crippen LogP contribution in [0.4, 0.5) is 0 Å². The maximum atomic E-state index is 8.94. The van der Waals surface area contributed by atoms with E-state index in [0.717, 1.165) is 19.6 Å². The molecule has 0 unspecified atom stereocenters. The van der Waals surface area contributed by atoms with Gasteiger partial charge in [-0.2, -0.15) is 5.26 Å². The van der Waals surface area contributed by atoms with Gasteiger partial charge < -0.3 is 0 Å². The number of hydrogen-bond acceptors (Lipinski definition) is 2. The van der Waals surface area contributed by atoms with Crippen molar-refractivity contribution in [2.75, 3.05) is 0 Å². The highest BCUT2D eigenvalue weighted by molar-refractivity contribution is 5.31. The first-order valence-electron chi connectivity index (χ1n) is 8.13. The summed E-state index contributed by atoms with van der Waals surface area (Å²) in [7, 11) is 0. The molecule has 0 atom stereocenters. The molecule has 2 heteroatoms. The Kier molecular flexibility index (Phi) is 5.40. The van der Waals surface area contributed by atoms with Crippen molar-refractivity contribution in [1.82, 2.24) is 4.90 Å². The highest BCUT2D eigenvalue weighted by Gasteiger charge is 2.08. The van der Waals surface area contributed by atoms with Crippen LogP contribution in [-0.2, 0) is 19.6 Å². The fraction of sp³-hybridized carbons (Fsp3) is 0.136. The van der Waals surface area contributed by atoms with Gasteiger partial charge in [-0.05, 0) is 28.8 Å². The smallest absolute Gasteiger partial charge is 0.0991 e. The fourth-order valence-electron chi connectivity index (χ4n) is 2.79. The molecule has 0 heterocycles. The topological polar surface area (TPSA) is 27.0 Å². The predicted octanol–water partition coefficient (Wildman–Crippen LogP) is 4.76. The standard InChI is InChI=1S/C22H20N2/c23-15-19-11-13-22(14-12-19)18-24(16-20-7-3-1-4-8-20)17-21-9-5-2-6-10-21/h1-14H,16-18H2. The summed E-state index contributed by atoms with van der Waals surface area (Å²) in [5.41, 5.74) is 4.54. The van der Waals surface area contributed by atoms with Crippen molar-refractivity contribution < 1.29 is 0 Å². The monoisotopic (exact) mass is 312 g/mol. The zero-order valence-corrected chi connectivity index (χ0v) is 13.6. The molecular weight excluding hydrogens is 292 g/mol. The molecule has 0 fully saturated rings. The van der Waals surface area contributed by atoms with E-state index in [0.29, 0.717) is 5.56 Å². The molecule has 2 nitrogen and oxygen atoms in total. The van der Waals surface area contributed by atoms with Crippen molar-refractivity contribution >= 4 is 0 Å². The maximum Gasteiger partial charge on any atom is 0.0991 e. The average Bonchev–Trinajstić information content (AvgIpc) is 2.64. The van der Waals surface area contributed by atoms with Crippen molar-refractivity contribution in [3.8, 4) is 6.07 Å². The number of hydrogen-bond donors (Lipinski definition) is 0. The zero-order valence-electron chi connectivity index (χ0n) is 13.6. The third-order valence-electron chi connectivity index (χ3n) is 3.99. The molecule has 0 aliphatic carbocycles. The van der Waals surface area contributed by atoms with E-state index in [2.05, 4.69) is 59.5 Å². The van der Waals surface area contributed by atoms with Crippen molar-refractivity contribution in [2.24, 2.45) is 0 Å². The molecule has 0 spiro atoms. The molecule has 0 aliphatic rings. The third kappa shape index (κ3) is 4.55. The van der Waals surface area contributed by atoms with Crippen LogP contribution in [-0.4, -0.2) is 4.90 Å². The number of nitrogens with zero attached hydrogens (tertiary/aromatic N) is 2. The Balaban J connectivity index is 1.76. The van der Waals surface area contributed by atoms with Crippen LogP contribution in [0, 0.1) is 11.3 Å². The molecule has 0 saturated carbocycles. The molecule has 0 aliphatic heterocycles. The summed E-state index contributed by atoms with van der Waals surface area (Å²) >= 11 is 0. The minimum atomic E-state index is 0.705. The zero-order chi connectivity index (χ0) is 16.6. The van der Waals surface area contributed by atoms with Crippen LogP contribution in [0.3, 0.4) is 0 Å². The quantitative estimate of drug-likeness (QED) is 0.656. The van der Waals surface area contributed by atoms with Crippen molar-refractivity contribution in [1.29, 1.82) is 5.26 Å². The lowest BCUT2D eigenvalue weighted by atomic mass is 10.1. The van der Waals surface area contributed by atoms with Gasteiger partial charge in [0.25, 0.3) is 0 Å². The Morgan fingerprint density at radius 2 is 1.00 bits per heavy atom. The van der Waals surface area contributed by atoms with E-state index in [1.165, 1.54) is 16.7 Å². The van der Waals surface area contributed by atoms with Crippen LogP contribution in [0.1, 0.15) is 22.3 Å². The molecule has 3 aromatic rings. The molecular formula is C22H20N2. The first-order valence-corrected chi connectivity index (χ1v) is 8.13.